The Kier molecular flexibility index (Phi) is 2.55. The van der Waals surface area contributed by atoms with E-state index in [9.17, 15) is 9.59 Å². The highest BCUT2D eigenvalue weighted by atomic mass is 16.6. The summed E-state index contributed by atoms with van der Waals surface area (Å²) in [5.41, 5.74) is 1.84. The van der Waals surface area contributed by atoms with Crippen LogP contribution in [-0.2, 0) is 16.6 Å². The summed E-state index contributed by atoms with van der Waals surface area (Å²) < 4.78 is 4.67. The Morgan fingerprint density at radius 3 is 3.11 bits per heavy atom. The van der Waals surface area contributed by atoms with Gasteiger partial charge in [0.2, 0.25) is 0 Å². The fourth-order valence-corrected chi connectivity index (χ4v) is 1.89. The Bertz CT molecular complexity index is 665. The van der Waals surface area contributed by atoms with Gasteiger partial charge in [0.25, 0.3) is 5.91 Å². The van der Waals surface area contributed by atoms with Crippen LogP contribution >= 0.6 is 0 Å². The minimum atomic E-state index is -0.681. The Hall–Kier alpha value is -2.64. The second-order valence-corrected chi connectivity index (χ2v) is 4.15. The summed E-state index contributed by atoms with van der Waals surface area (Å²) in [5, 5.41) is 13.5. The number of aryl methyl sites for hydroxylation is 1. The molecule has 0 saturated carbocycles. The highest BCUT2D eigenvalue weighted by Crippen LogP contribution is 2.19. The molecule has 8 heteroatoms. The first-order valence-corrected chi connectivity index (χ1v) is 5.68. The summed E-state index contributed by atoms with van der Waals surface area (Å²) in [6, 6.07) is 4.63. The van der Waals surface area contributed by atoms with Gasteiger partial charge in [-0.1, -0.05) is 6.07 Å². The molecule has 1 aliphatic rings. The van der Waals surface area contributed by atoms with Crippen molar-refractivity contribution < 1.29 is 14.3 Å². The molecule has 19 heavy (non-hydrogen) atoms. The van der Waals surface area contributed by atoms with E-state index in [2.05, 4.69) is 25.6 Å². The van der Waals surface area contributed by atoms with Gasteiger partial charge in [0.15, 0.2) is 0 Å². The third-order valence-corrected chi connectivity index (χ3v) is 2.76. The molecule has 2 amide bonds. The highest BCUT2D eigenvalue weighted by Gasteiger charge is 2.29. The number of amides is 2. The second kappa shape index (κ2) is 4.23. The molecule has 98 valence electrons. The average Bonchev–Trinajstić information content (AvgIpc) is 2.95. The number of nitrogens with zero attached hydrogens (tertiary/aromatic N) is 3. The third kappa shape index (κ3) is 2.07. The number of hydrogen-bond donors (Lipinski definition) is 2. The van der Waals surface area contributed by atoms with Gasteiger partial charge in [0.1, 0.15) is 23.7 Å². The van der Waals surface area contributed by atoms with Crippen LogP contribution in [0.1, 0.15) is 0 Å². The van der Waals surface area contributed by atoms with E-state index in [-0.39, 0.29) is 12.5 Å². The van der Waals surface area contributed by atoms with E-state index in [4.69, 9.17) is 0 Å². The molecule has 2 heterocycles. The molecular weight excluding hydrogens is 250 g/mol. The van der Waals surface area contributed by atoms with Crippen molar-refractivity contribution in [2.45, 2.75) is 6.04 Å². The molecule has 1 atom stereocenters. The zero-order valence-electron chi connectivity index (χ0n) is 10.1. The van der Waals surface area contributed by atoms with Gasteiger partial charge in [-0.3, -0.25) is 4.79 Å². The molecule has 2 aromatic rings. The van der Waals surface area contributed by atoms with E-state index < -0.39 is 12.1 Å². The maximum atomic E-state index is 11.9. The summed E-state index contributed by atoms with van der Waals surface area (Å²) in [7, 11) is 1.70. The first-order valence-electron chi connectivity index (χ1n) is 5.68. The number of anilines is 1. The van der Waals surface area contributed by atoms with Crippen LogP contribution in [0.2, 0.25) is 0 Å². The number of ether oxygens (including phenoxy) is 1. The van der Waals surface area contributed by atoms with Gasteiger partial charge in [-0.15, -0.1) is 0 Å². The van der Waals surface area contributed by atoms with Crippen molar-refractivity contribution in [3.05, 3.63) is 18.2 Å². The number of hydrogen-bond acceptors (Lipinski definition) is 5. The van der Waals surface area contributed by atoms with Crippen LogP contribution in [0.25, 0.3) is 11.0 Å². The van der Waals surface area contributed by atoms with Crippen molar-refractivity contribution in [1.29, 1.82) is 0 Å². The fraction of sp³-hybridized carbons (Fsp3) is 0.273. The summed E-state index contributed by atoms with van der Waals surface area (Å²) in [5.74, 6) is -0.344. The lowest BCUT2D eigenvalue weighted by atomic mass is 10.2. The molecular formula is C11H11N5O3. The lowest BCUT2D eigenvalue weighted by Gasteiger charge is -2.08. The molecule has 0 spiro atoms. The molecule has 0 unspecified atom stereocenters. The SMILES string of the molecule is Cn1nc2cccc(NC(=O)[C@@H]3COC(=O)N3)c2n1. The van der Waals surface area contributed by atoms with Gasteiger partial charge >= 0.3 is 6.09 Å². The van der Waals surface area contributed by atoms with Gasteiger partial charge in [-0.05, 0) is 12.1 Å². The van der Waals surface area contributed by atoms with E-state index in [0.29, 0.717) is 16.7 Å². The number of alkyl carbamates (subject to hydrolysis) is 1. The number of fused-ring (bicyclic) bond motifs is 1. The number of carbonyl (C=O) groups excluding carboxylic acids is 2. The van der Waals surface area contributed by atoms with E-state index in [1.54, 1.807) is 25.2 Å². The topological polar surface area (TPSA) is 98.1 Å². The quantitative estimate of drug-likeness (QED) is 0.793. The predicted octanol–water partition coefficient (Wildman–Crippen LogP) is 0.0152. The maximum absolute atomic E-state index is 11.9. The van der Waals surface area contributed by atoms with Gasteiger partial charge < -0.3 is 15.4 Å². The second-order valence-electron chi connectivity index (χ2n) is 4.15. The molecule has 8 nitrogen and oxygen atoms in total. The van der Waals surface area contributed by atoms with Gasteiger partial charge in [-0.25, -0.2) is 4.79 Å². The van der Waals surface area contributed by atoms with Crippen LogP contribution in [0.15, 0.2) is 18.2 Å². The first kappa shape index (κ1) is 11.5. The zero-order chi connectivity index (χ0) is 13.4. The molecule has 1 aromatic carbocycles. The van der Waals surface area contributed by atoms with Crippen LogP contribution in [0.5, 0.6) is 0 Å². The normalized spacial score (nSPS) is 18.2. The molecule has 1 fully saturated rings. The van der Waals surface area contributed by atoms with Crippen molar-refractivity contribution in [2.24, 2.45) is 7.05 Å². The first-order chi connectivity index (χ1) is 9.13. The van der Waals surface area contributed by atoms with E-state index >= 15 is 0 Å². The maximum Gasteiger partial charge on any atom is 0.407 e. The summed E-state index contributed by atoms with van der Waals surface area (Å²) in [6.07, 6.45) is -0.585. The van der Waals surface area contributed by atoms with Gasteiger partial charge in [-0.2, -0.15) is 15.0 Å². The predicted molar refractivity (Wildman–Crippen MR) is 65.4 cm³/mol. The monoisotopic (exact) mass is 261 g/mol. The lowest BCUT2D eigenvalue weighted by Crippen LogP contribution is -2.38. The van der Waals surface area contributed by atoms with Crippen molar-refractivity contribution in [1.82, 2.24) is 20.3 Å². The largest absolute Gasteiger partial charge is 0.447 e. The van der Waals surface area contributed by atoms with E-state index in [1.807, 2.05) is 0 Å². The third-order valence-electron chi connectivity index (χ3n) is 2.76. The molecule has 2 N–H and O–H groups in total. The Labute approximate surface area is 107 Å². The van der Waals surface area contributed by atoms with Crippen molar-refractivity contribution in [3.63, 3.8) is 0 Å². The number of rotatable bonds is 2. The Morgan fingerprint density at radius 2 is 2.37 bits per heavy atom. The van der Waals surface area contributed by atoms with Crippen LogP contribution < -0.4 is 10.6 Å². The summed E-state index contributed by atoms with van der Waals surface area (Å²) in [6.45, 7) is 0.0289. The molecule has 0 aliphatic carbocycles. The molecule has 1 aliphatic heterocycles. The number of aromatic nitrogens is 3. The average molecular weight is 261 g/mol. The summed E-state index contributed by atoms with van der Waals surface area (Å²) in [4.78, 5) is 24.3. The Balaban J connectivity index is 1.85. The minimum Gasteiger partial charge on any atom is -0.447 e. The van der Waals surface area contributed by atoms with Crippen molar-refractivity contribution >= 4 is 28.7 Å². The van der Waals surface area contributed by atoms with Crippen molar-refractivity contribution in [3.8, 4) is 0 Å². The standard InChI is InChI=1S/C11H11N5O3/c1-16-14-7-4-2-3-6(9(7)15-16)12-10(17)8-5-19-11(18)13-8/h2-4,8H,5H2,1H3,(H,12,17)(H,13,18)/t8-/m0/s1. The van der Waals surface area contributed by atoms with Crippen LogP contribution in [0.3, 0.4) is 0 Å². The number of nitrogens with one attached hydrogen (secondary N) is 2. The van der Waals surface area contributed by atoms with E-state index in [1.165, 1.54) is 4.80 Å². The number of carbonyl (C=O) groups is 2. The van der Waals surface area contributed by atoms with E-state index in [0.717, 1.165) is 0 Å². The molecule has 1 aromatic heterocycles. The summed E-state index contributed by atoms with van der Waals surface area (Å²) >= 11 is 0. The van der Waals surface area contributed by atoms with Crippen LogP contribution in [0, 0.1) is 0 Å². The molecule has 1 saturated heterocycles. The minimum absolute atomic E-state index is 0.0289. The number of cyclic esters (lactones) is 1. The van der Waals surface area contributed by atoms with Crippen molar-refractivity contribution in [2.75, 3.05) is 11.9 Å². The molecule has 0 radical (unpaired) electrons. The lowest BCUT2D eigenvalue weighted by molar-refractivity contribution is -0.117. The Morgan fingerprint density at radius 1 is 1.53 bits per heavy atom. The van der Waals surface area contributed by atoms with Crippen LogP contribution in [0.4, 0.5) is 10.5 Å². The van der Waals surface area contributed by atoms with Gasteiger partial charge in [0.05, 0.1) is 5.69 Å². The molecule has 0 bridgehead atoms. The van der Waals surface area contributed by atoms with Gasteiger partial charge in [0, 0.05) is 7.05 Å². The smallest absolute Gasteiger partial charge is 0.407 e. The number of benzene rings is 1. The molecule has 3 rings (SSSR count). The highest BCUT2D eigenvalue weighted by molar-refractivity contribution is 6.02. The zero-order valence-corrected chi connectivity index (χ0v) is 10.1. The fourth-order valence-electron chi connectivity index (χ4n) is 1.89. The van der Waals surface area contributed by atoms with Crippen LogP contribution in [-0.4, -0.2) is 39.6 Å².